The number of nitrogens with one attached hydrogen (secondary N) is 1. The Labute approximate surface area is 72.8 Å². The highest BCUT2D eigenvalue weighted by atomic mass is 14.9. The largest absolute Gasteiger partial charge is 0.399 e. The molecule has 0 bridgehead atoms. The molecule has 2 nitrogen and oxygen atoms in total. The summed E-state index contributed by atoms with van der Waals surface area (Å²) in [6, 6.07) is 8.64. The highest BCUT2D eigenvalue weighted by Gasteiger charge is 2.16. The molecule has 64 valence electrons. The second-order valence-corrected chi connectivity index (χ2v) is 3.39. The van der Waals surface area contributed by atoms with Crippen molar-refractivity contribution in [2.75, 3.05) is 11.1 Å². The Hall–Kier alpha value is -1.18. The lowest BCUT2D eigenvalue weighted by molar-refractivity contribution is 0.445. The topological polar surface area (TPSA) is 38.0 Å². The molecular weight excluding hydrogens is 148 g/mol. The van der Waals surface area contributed by atoms with Gasteiger partial charge in [-0.3, -0.25) is 0 Å². The van der Waals surface area contributed by atoms with Crippen LogP contribution in [-0.4, -0.2) is 6.04 Å². The van der Waals surface area contributed by atoms with Gasteiger partial charge in [0.15, 0.2) is 0 Å². The average Bonchev–Trinajstić information content (AvgIpc) is 2.00. The SMILES string of the molecule is Nc1ccc(NC2CCC2)cc1. The number of rotatable bonds is 2. The highest BCUT2D eigenvalue weighted by molar-refractivity contribution is 5.51. The summed E-state index contributed by atoms with van der Waals surface area (Å²) in [5, 5.41) is 3.45. The number of nitrogen functional groups attached to an aromatic ring is 1. The molecule has 12 heavy (non-hydrogen) atoms. The quantitative estimate of drug-likeness (QED) is 0.654. The Kier molecular flexibility index (Phi) is 1.90. The molecule has 0 radical (unpaired) electrons. The Morgan fingerprint density at radius 3 is 2.33 bits per heavy atom. The van der Waals surface area contributed by atoms with Crippen molar-refractivity contribution in [3.63, 3.8) is 0 Å². The Balaban J connectivity index is 1.98. The third-order valence-corrected chi connectivity index (χ3v) is 2.39. The molecule has 0 unspecified atom stereocenters. The minimum atomic E-state index is 0.702. The van der Waals surface area contributed by atoms with Gasteiger partial charge in [0.1, 0.15) is 0 Å². The van der Waals surface area contributed by atoms with Crippen molar-refractivity contribution < 1.29 is 0 Å². The fourth-order valence-corrected chi connectivity index (χ4v) is 1.37. The number of hydrogen-bond donors (Lipinski definition) is 2. The Morgan fingerprint density at radius 2 is 1.83 bits per heavy atom. The van der Waals surface area contributed by atoms with E-state index in [9.17, 15) is 0 Å². The molecule has 1 fully saturated rings. The van der Waals surface area contributed by atoms with Gasteiger partial charge < -0.3 is 11.1 Å². The van der Waals surface area contributed by atoms with Crippen molar-refractivity contribution in [1.29, 1.82) is 0 Å². The van der Waals surface area contributed by atoms with E-state index >= 15 is 0 Å². The van der Waals surface area contributed by atoms with Crippen molar-refractivity contribution in [2.24, 2.45) is 0 Å². The number of hydrogen-bond acceptors (Lipinski definition) is 2. The van der Waals surface area contributed by atoms with Crippen LogP contribution in [0.25, 0.3) is 0 Å². The van der Waals surface area contributed by atoms with Gasteiger partial charge in [0.25, 0.3) is 0 Å². The second-order valence-electron chi connectivity index (χ2n) is 3.39. The fourth-order valence-electron chi connectivity index (χ4n) is 1.37. The van der Waals surface area contributed by atoms with Gasteiger partial charge in [0.05, 0.1) is 0 Å². The van der Waals surface area contributed by atoms with Crippen LogP contribution in [0.4, 0.5) is 11.4 Å². The van der Waals surface area contributed by atoms with E-state index < -0.39 is 0 Å². The van der Waals surface area contributed by atoms with Crippen molar-refractivity contribution in [1.82, 2.24) is 0 Å². The summed E-state index contributed by atoms with van der Waals surface area (Å²) in [6.07, 6.45) is 3.99. The minimum Gasteiger partial charge on any atom is -0.399 e. The second kappa shape index (κ2) is 3.05. The minimum absolute atomic E-state index is 0.702. The summed E-state index contributed by atoms with van der Waals surface area (Å²) in [6.45, 7) is 0. The molecule has 0 spiro atoms. The van der Waals surface area contributed by atoms with E-state index in [4.69, 9.17) is 5.73 Å². The van der Waals surface area contributed by atoms with Crippen LogP contribution in [0.3, 0.4) is 0 Å². The third kappa shape index (κ3) is 1.52. The number of anilines is 2. The van der Waals surface area contributed by atoms with Gasteiger partial charge in [-0.05, 0) is 43.5 Å². The molecular formula is C10H14N2. The zero-order valence-corrected chi connectivity index (χ0v) is 7.09. The van der Waals surface area contributed by atoms with Gasteiger partial charge in [0, 0.05) is 17.4 Å². The highest BCUT2D eigenvalue weighted by Crippen LogP contribution is 2.23. The first kappa shape index (κ1) is 7.47. The van der Waals surface area contributed by atoms with E-state index in [2.05, 4.69) is 5.32 Å². The summed E-state index contributed by atoms with van der Waals surface area (Å²) in [7, 11) is 0. The standard InChI is InChI=1S/C10H14N2/c11-8-4-6-10(7-5-8)12-9-2-1-3-9/h4-7,9,12H,1-3,11H2. The van der Waals surface area contributed by atoms with Crippen molar-refractivity contribution in [3.8, 4) is 0 Å². The van der Waals surface area contributed by atoms with Crippen molar-refractivity contribution >= 4 is 11.4 Å². The van der Waals surface area contributed by atoms with Gasteiger partial charge in [-0.1, -0.05) is 0 Å². The predicted molar refractivity (Wildman–Crippen MR) is 52.1 cm³/mol. The molecule has 0 aromatic heterocycles. The maximum absolute atomic E-state index is 5.58. The molecule has 1 aromatic rings. The van der Waals surface area contributed by atoms with E-state index in [1.807, 2.05) is 24.3 Å². The fraction of sp³-hybridized carbons (Fsp3) is 0.400. The van der Waals surface area contributed by atoms with E-state index in [1.54, 1.807) is 0 Å². The summed E-state index contributed by atoms with van der Waals surface area (Å²) >= 11 is 0. The van der Waals surface area contributed by atoms with Crippen LogP contribution in [0.5, 0.6) is 0 Å². The first-order valence-electron chi connectivity index (χ1n) is 4.47. The lowest BCUT2D eigenvalue weighted by Crippen LogP contribution is -2.26. The van der Waals surface area contributed by atoms with Gasteiger partial charge in [-0.2, -0.15) is 0 Å². The first-order valence-corrected chi connectivity index (χ1v) is 4.47. The molecule has 0 atom stereocenters. The summed E-state index contributed by atoms with van der Waals surface area (Å²) in [5.74, 6) is 0. The predicted octanol–water partition coefficient (Wildman–Crippen LogP) is 2.23. The molecule has 1 aliphatic rings. The zero-order valence-electron chi connectivity index (χ0n) is 7.09. The van der Waals surface area contributed by atoms with Gasteiger partial charge >= 0.3 is 0 Å². The normalized spacial score (nSPS) is 17.0. The molecule has 0 amide bonds. The van der Waals surface area contributed by atoms with Gasteiger partial charge in [0.2, 0.25) is 0 Å². The van der Waals surface area contributed by atoms with E-state index in [-0.39, 0.29) is 0 Å². The van der Waals surface area contributed by atoms with Crippen LogP contribution < -0.4 is 11.1 Å². The molecule has 0 heterocycles. The lowest BCUT2D eigenvalue weighted by Gasteiger charge is -2.27. The number of nitrogens with two attached hydrogens (primary N) is 1. The molecule has 0 saturated heterocycles. The maximum atomic E-state index is 5.58. The molecule has 1 aromatic carbocycles. The monoisotopic (exact) mass is 162 g/mol. The van der Waals surface area contributed by atoms with Crippen LogP contribution >= 0.6 is 0 Å². The molecule has 2 heteroatoms. The maximum Gasteiger partial charge on any atom is 0.0343 e. The Morgan fingerprint density at radius 1 is 1.17 bits per heavy atom. The summed E-state index contributed by atoms with van der Waals surface area (Å²) < 4.78 is 0. The van der Waals surface area contributed by atoms with Crippen molar-refractivity contribution in [3.05, 3.63) is 24.3 Å². The summed E-state index contributed by atoms with van der Waals surface area (Å²) in [4.78, 5) is 0. The Bertz CT molecular complexity index is 249. The first-order chi connectivity index (χ1) is 5.84. The van der Waals surface area contributed by atoms with Crippen molar-refractivity contribution in [2.45, 2.75) is 25.3 Å². The van der Waals surface area contributed by atoms with Crippen LogP contribution in [0.1, 0.15) is 19.3 Å². The van der Waals surface area contributed by atoms with E-state index in [1.165, 1.54) is 24.9 Å². The molecule has 1 saturated carbocycles. The molecule has 1 aliphatic carbocycles. The van der Waals surface area contributed by atoms with Gasteiger partial charge in [-0.25, -0.2) is 0 Å². The molecule has 0 aliphatic heterocycles. The van der Waals surface area contributed by atoms with Gasteiger partial charge in [-0.15, -0.1) is 0 Å². The number of benzene rings is 1. The molecule has 3 N–H and O–H groups in total. The van der Waals surface area contributed by atoms with E-state index in [0.717, 1.165) is 5.69 Å². The zero-order chi connectivity index (χ0) is 8.39. The summed E-state index contributed by atoms with van der Waals surface area (Å²) in [5.41, 5.74) is 7.59. The average molecular weight is 162 g/mol. The molecule has 2 rings (SSSR count). The van der Waals surface area contributed by atoms with Crippen LogP contribution in [0.2, 0.25) is 0 Å². The van der Waals surface area contributed by atoms with E-state index in [0.29, 0.717) is 6.04 Å². The van der Waals surface area contributed by atoms with Crippen LogP contribution in [0, 0.1) is 0 Å². The smallest absolute Gasteiger partial charge is 0.0343 e. The van der Waals surface area contributed by atoms with Crippen LogP contribution in [-0.2, 0) is 0 Å². The lowest BCUT2D eigenvalue weighted by atomic mass is 9.93. The van der Waals surface area contributed by atoms with Crippen LogP contribution in [0.15, 0.2) is 24.3 Å². The third-order valence-electron chi connectivity index (χ3n) is 2.39.